The Balaban J connectivity index is 1.93. The van der Waals surface area contributed by atoms with Crippen molar-refractivity contribution >= 4 is 21.9 Å². The number of rotatable bonds is 6. The summed E-state index contributed by atoms with van der Waals surface area (Å²) in [5.74, 6) is 1.70. The molecule has 0 aromatic heterocycles. The predicted octanol–water partition coefficient (Wildman–Crippen LogP) is 3.19. The molecule has 5 heteroatoms. The minimum Gasteiger partial charge on any atom is -0.357 e. The van der Waals surface area contributed by atoms with Crippen molar-refractivity contribution in [2.75, 3.05) is 39.8 Å². The number of likely N-dealkylation sites (tertiary alicyclic amines) is 1. The lowest BCUT2D eigenvalue weighted by Gasteiger charge is -2.23. The molecule has 1 heterocycles. The van der Waals surface area contributed by atoms with E-state index in [2.05, 4.69) is 76.2 Å². The van der Waals surface area contributed by atoms with Gasteiger partial charge in [-0.25, -0.2) is 0 Å². The molecule has 1 saturated heterocycles. The Morgan fingerprint density at radius 3 is 2.70 bits per heavy atom. The first-order chi connectivity index (χ1) is 11.1. The van der Waals surface area contributed by atoms with Crippen LogP contribution in [0.2, 0.25) is 0 Å². The van der Waals surface area contributed by atoms with Crippen LogP contribution in [0.25, 0.3) is 0 Å². The second-order valence-electron chi connectivity index (χ2n) is 6.23. The zero-order valence-electron chi connectivity index (χ0n) is 14.6. The summed E-state index contributed by atoms with van der Waals surface area (Å²) in [7, 11) is 2.11. The van der Waals surface area contributed by atoms with E-state index < -0.39 is 0 Å². The molecule has 23 heavy (non-hydrogen) atoms. The normalized spacial score (nSPS) is 19.1. The third-order valence-corrected chi connectivity index (χ3v) is 4.87. The van der Waals surface area contributed by atoms with Crippen LogP contribution >= 0.6 is 15.9 Å². The Hall–Kier alpha value is -1.07. The Morgan fingerprint density at radius 2 is 2.09 bits per heavy atom. The molecule has 0 bridgehead atoms. The standard InChI is InChI=1S/C18H29BrN4/c1-4-20-18(21-12-16-10-11-23(5-2)14-16)22(3)13-15-6-8-17(19)9-7-15/h6-9,16H,4-5,10-14H2,1-3H3,(H,20,21). The SMILES string of the molecule is CCNC(=NCC1CCN(CC)C1)N(C)Cc1ccc(Br)cc1. The summed E-state index contributed by atoms with van der Waals surface area (Å²) in [5, 5.41) is 3.42. The monoisotopic (exact) mass is 380 g/mol. The summed E-state index contributed by atoms with van der Waals surface area (Å²) in [5.41, 5.74) is 1.29. The van der Waals surface area contributed by atoms with Crippen molar-refractivity contribution < 1.29 is 0 Å². The molecule has 1 aliphatic heterocycles. The highest BCUT2D eigenvalue weighted by Gasteiger charge is 2.21. The quantitative estimate of drug-likeness (QED) is 0.607. The van der Waals surface area contributed by atoms with Gasteiger partial charge in [0.1, 0.15) is 0 Å². The number of guanidine groups is 1. The van der Waals surface area contributed by atoms with Crippen LogP contribution in [0.15, 0.2) is 33.7 Å². The molecule has 1 aliphatic rings. The van der Waals surface area contributed by atoms with E-state index in [4.69, 9.17) is 4.99 Å². The maximum absolute atomic E-state index is 4.87. The van der Waals surface area contributed by atoms with Crippen molar-refractivity contribution in [2.45, 2.75) is 26.8 Å². The molecule has 2 rings (SSSR count). The molecular weight excluding hydrogens is 352 g/mol. The van der Waals surface area contributed by atoms with E-state index in [0.717, 1.165) is 36.6 Å². The Bertz CT molecular complexity index is 500. The number of halogens is 1. The zero-order chi connectivity index (χ0) is 16.7. The third kappa shape index (κ3) is 5.81. The molecule has 1 fully saturated rings. The minimum atomic E-state index is 0.699. The first kappa shape index (κ1) is 18.3. The van der Waals surface area contributed by atoms with Gasteiger partial charge in [-0.3, -0.25) is 4.99 Å². The summed E-state index contributed by atoms with van der Waals surface area (Å²) in [6.45, 7) is 10.6. The van der Waals surface area contributed by atoms with Gasteiger partial charge in [0.2, 0.25) is 0 Å². The molecule has 1 atom stereocenters. The highest BCUT2D eigenvalue weighted by Crippen LogP contribution is 2.16. The lowest BCUT2D eigenvalue weighted by molar-refractivity contribution is 0.343. The lowest BCUT2D eigenvalue weighted by atomic mass is 10.1. The first-order valence-corrected chi connectivity index (χ1v) is 9.37. The van der Waals surface area contributed by atoms with E-state index >= 15 is 0 Å². The maximum Gasteiger partial charge on any atom is 0.193 e. The fraction of sp³-hybridized carbons (Fsp3) is 0.611. The minimum absolute atomic E-state index is 0.699. The van der Waals surface area contributed by atoms with Crippen LogP contribution < -0.4 is 5.32 Å². The smallest absolute Gasteiger partial charge is 0.193 e. The molecule has 128 valence electrons. The summed E-state index contributed by atoms with van der Waals surface area (Å²) in [6, 6.07) is 8.48. The largest absolute Gasteiger partial charge is 0.357 e. The van der Waals surface area contributed by atoms with E-state index in [-0.39, 0.29) is 0 Å². The van der Waals surface area contributed by atoms with Gasteiger partial charge in [0.15, 0.2) is 5.96 Å². The van der Waals surface area contributed by atoms with Crippen LogP contribution in [-0.4, -0.2) is 55.5 Å². The zero-order valence-corrected chi connectivity index (χ0v) is 16.1. The van der Waals surface area contributed by atoms with E-state index in [9.17, 15) is 0 Å². The van der Waals surface area contributed by atoms with Crippen LogP contribution in [0.1, 0.15) is 25.8 Å². The molecule has 4 nitrogen and oxygen atoms in total. The van der Waals surface area contributed by atoms with Crippen molar-refractivity contribution in [1.29, 1.82) is 0 Å². The van der Waals surface area contributed by atoms with Gasteiger partial charge in [-0.15, -0.1) is 0 Å². The highest BCUT2D eigenvalue weighted by molar-refractivity contribution is 9.10. The second-order valence-corrected chi connectivity index (χ2v) is 7.14. The van der Waals surface area contributed by atoms with Crippen LogP contribution in [0.4, 0.5) is 0 Å². The van der Waals surface area contributed by atoms with E-state index in [1.54, 1.807) is 0 Å². The molecule has 0 amide bonds. The van der Waals surface area contributed by atoms with Crippen LogP contribution in [0.3, 0.4) is 0 Å². The second kappa shape index (κ2) is 9.28. The predicted molar refractivity (Wildman–Crippen MR) is 102 cm³/mol. The van der Waals surface area contributed by atoms with E-state index in [1.807, 2.05) is 0 Å². The van der Waals surface area contributed by atoms with Gasteiger partial charge < -0.3 is 15.1 Å². The molecule has 1 unspecified atom stereocenters. The fourth-order valence-corrected chi connectivity index (χ4v) is 3.24. The van der Waals surface area contributed by atoms with Crippen LogP contribution in [-0.2, 0) is 6.54 Å². The molecule has 0 aliphatic carbocycles. The number of hydrogen-bond donors (Lipinski definition) is 1. The molecule has 1 N–H and O–H groups in total. The average Bonchev–Trinajstić information content (AvgIpc) is 3.01. The molecular formula is C18H29BrN4. The number of nitrogens with zero attached hydrogens (tertiary/aromatic N) is 3. The molecule has 1 aromatic rings. The van der Waals surface area contributed by atoms with Crippen molar-refractivity contribution in [3.05, 3.63) is 34.3 Å². The van der Waals surface area contributed by atoms with Crippen molar-refractivity contribution in [3.8, 4) is 0 Å². The van der Waals surface area contributed by atoms with Gasteiger partial charge >= 0.3 is 0 Å². The summed E-state index contributed by atoms with van der Waals surface area (Å²) in [6.07, 6.45) is 1.27. The number of nitrogens with one attached hydrogen (secondary N) is 1. The van der Waals surface area contributed by atoms with E-state index in [0.29, 0.717) is 5.92 Å². The summed E-state index contributed by atoms with van der Waals surface area (Å²) < 4.78 is 1.12. The van der Waals surface area contributed by atoms with Crippen molar-refractivity contribution in [1.82, 2.24) is 15.1 Å². The average molecular weight is 381 g/mol. The van der Waals surface area contributed by atoms with Gasteiger partial charge in [-0.05, 0) is 50.0 Å². The van der Waals surface area contributed by atoms with E-state index in [1.165, 1.54) is 25.1 Å². The lowest BCUT2D eigenvalue weighted by Crippen LogP contribution is -2.39. The molecule has 0 radical (unpaired) electrons. The molecule has 0 spiro atoms. The molecule has 1 aromatic carbocycles. The highest BCUT2D eigenvalue weighted by atomic mass is 79.9. The first-order valence-electron chi connectivity index (χ1n) is 8.58. The van der Waals surface area contributed by atoms with Gasteiger partial charge in [-0.1, -0.05) is 35.0 Å². The topological polar surface area (TPSA) is 30.9 Å². The molecule has 0 saturated carbocycles. The van der Waals surface area contributed by atoms with Gasteiger partial charge in [0.05, 0.1) is 0 Å². The van der Waals surface area contributed by atoms with Gasteiger partial charge in [-0.2, -0.15) is 0 Å². The Labute approximate surface area is 149 Å². The van der Waals surface area contributed by atoms with Crippen molar-refractivity contribution in [3.63, 3.8) is 0 Å². The number of aliphatic imine (C=N–C) groups is 1. The summed E-state index contributed by atoms with van der Waals surface area (Å²) in [4.78, 5) is 9.59. The van der Waals surface area contributed by atoms with Crippen molar-refractivity contribution in [2.24, 2.45) is 10.9 Å². The van der Waals surface area contributed by atoms with Gasteiger partial charge in [0, 0.05) is 37.7 Å². The van der Waals surface area contributed by atoms with Crippen LogP contribution in [0, 0.1) is 5.92 Å². The maximum atomic E-state index is 4.87. The number of hydrogen-bond acceptors (Lipinski definition) is 2. The Morgan fingerprint density at radius 1 is 1.35 bits per heavy atom. The van der Waals surface area contributed by atoms with Gasteiger partial charge in [0.25, 0.3) is 0 Å². The Kier molecular flexibility index (Phi) is 7.37. The van der Waals surface area contributed by atoms with Crippen LogP contribution in [0.5, 0.6) is 0 Å². The summed E-state index contributed by atoms with van der Waals surface area (Å²) >= 11 is 3.49. The number of benzene rings is 1. The third-order valence-electron chi connectivity index (χ3n) is 4.35. The fourth-order valence-electron chi connectivity index (χ4n) is 2.97.